The Morgan fingerprint density at radius 3 is 2.59 bits per heavy atom. The fourth-order valence-corrected chi connectivity index (χ4v) is 3.06. The van der Waals surface area contributed by atoms with Gasteiger partial charge in [0.25, 0.3) is 11.8 Å². The van der Waals surface area contributed by atoms with E-state index in [0.29, 0.717) is 17.0 Å². The van der Waals surface area contributed by atoms with Gasteiger partial charge in [0.05, 0.1) is 17.9 Å². The zero-order valence-electron chi connectivity index (χ0n) is 14.7. The Morgan fingerprint density at radius 1 is 1.11 bits per heavy atom. The van der Waals surface area contributed by atoms with E-state index in [9.17, 15) is 9.59 Å². The van der Waals surface area contributed by atoms with Crippen LogP contribution >= 0.6 is 0 Å². The van der Waals surface area contributed by atoms with Gasteiger partial charge in [0.1, 0.15) is 5.75 Å². The molecule has 1 aliphatic heterocycles. The molecule has 0 spiro atoms. The maximum atomic E-state index is 13.1. The number of para-hydroxylation sites is 2. The number of amides is 2. The SMILES string of the molecule is CNC(=O)[C@@H]1CN(C(=O)c2ccc(-n3cccn3)cc2)c2ccccc2O1. The molecular weight excluding hydrogens is 344 g/mol. The second kappa shape index (κ2) is 6.95. The number of nitrogens with zero attached hydrogens (tertiary/aromatic N) is 3. The highest BCUT2D eigenvalue weighted by atomic mass is 16.5. The summed E-state index contributed by atoms with van der Waals surface area (Å²) in [5.41, 5.74) is 2.04. The van der Waals surface area contributed by atoms with Gasteiger partial charge in [-0.15, -0.1) is 0 Å². The molecule has 0 unspecified atom stereocenters. The number of ether oxygens (including phenoxy) is 1. The van der Waals surface area contributed by atoms with Crippen LogP contribution in [0.15, 0.2) is 67.0 Å². The molecule has 1 N–H and O–H groups in total. The van der Waals surface area contributed by atoms with Gasteiger partial charge in [-0.1, -0.05) is 12.1 Å². The Kier molecular flexibility index (Phi) is 4.33. The van der Waals surface area contributed by atoms with E-state index in [1.165, 1.54) is 0 Å². The molecule has 1 aromatic heterocycles. The lowest BCUT2D eigenvalue weighted by molar-refractivity contribution is -0.127. The molecule has 27 heavy (non-hydrogen) atoms. The molecule has 0 aliphatic carbocycles. The van der Waals surface area contributed by atoms with Crippen LogP contribution in [-0.2, 0) is 4.79 Å². The van der Waals surface area contributed by atoms with E-state index < -0.39 is 6.10 Å². The third-order valence-corrected chi connectivity index (χ3v) is 4.44. The van der Waals surface area contributed by atoms with Gasteiger partial charge in [0, 0.05) is 25.0 Å². The summed E-state index contributed by atoms with van der Waals surface area (Å²) in [6.45, 7) is 0.149. The minimum absolute atomic E-state index is 0.149. The lowest BCUT2D eigenvalue weighted by Gasteiger charge is -2.34. The highest BCUT2D eigenvalue weighted by Crippen LogP contribution is 2.34. The monoisotopic (exact) mass is 362 g/mol. The number of likely N-dealkylation sites (N-methyl/N-ethyl adjacent to an activating group) is 1. The standard InChI is InChI=1S/C20H18N4O3/c1-21-19(25)18-13-23(16-5-2-3-6-17(16)27-18)20(26)14-7-9-15(10-8-14)24-12-4-11-22-24/h2-12,18H,13H2,1H3,(H,21,25)/t18-/m0/s1. The molecule has 7 heteroatoms. The number of aromatic nitrogens is 2. The van der Waals surface area contributed by atoms with Gasteiger partial charge >= 0.3 is 0 Å². The first-order valence-corrected chi connectivity index (χ1v) is 8.56. The van der Waals surface area contributed by atoms with E-state index in [1.54, 1.807) is 41.0 Å². The van der Waals surface area contributed by atoms with Gasteiger partial charge < -0.3 is 15.0 Å². The second-order valence-electron chi connectivity index (χ2n) is 6.10. The van der Waals surface area contributed by atoms with E-state index >= 15 is 0 Å². The van der Waals surface area contributed by atoms with Crippen molar-refractivity contribution in [2.75, 3.05) is 18.5 Å². The maximum Gasteiger partial charge on any atom is 0.262 e. The average Bonchev–Trinajstić information content (AvgIpc) is 3.27. The molecule has 0 saturated carbocycles. The van der Waals surface area contributed by atoms with Gasteiger partial charge in [0.15, 0.2) is 6.10 Å². The van der Waals surface area contributed by atoms with Crippen LogP contribution < -0.4 is 15.0 Å². The topological polar surface area (TPSA) is 76.5 Å². The molecule has 3 aromatic rings. The van der Waals surface area contributed by atoms with Crippen molar-refractivity contribution in [1.29, 1.82) is 0 Å². The Balaban J connectivity index is 1.64. The van der Waals surface area contributed by atoms with E-state index in [4.69, 9.17) is 4.74 Å². The number of benzene rings is 2. The summed E-state index contributed by atoms with van der Waals surface area (Å²) in [4.78, 5) is 26.8. The van der Waals surface area contributed by atoms with E-state index in [1.807, 2.05) is 42.6 Å². The van der Waals surface area contributed by atoms with E-state index in [0.717, 1.165) is 5.69 Å². The van der Waals surface area contributed by atoms with Crippen molar-refractivity contribution >= 4 is 17.5 Å². The Labute approximate surface area is 156 Å². The van der Waals surface area contributed by atoms with Crippen molar-refractivity contribution in [3.8, 4) is 11.4 Å². The van der Waals surface area contributed by atoms with Crippen molar-refractivity contribution in [2.45, 2.75) is 6.10 Å². The number of carbonyl (C=O) groups excluding carboxylic acids is 2. The summed E-state index contributed by atoms with van der Waals surface area (Å²) in [6, 6.07) is 16.2. The fraction of sp³-hybridized carbons (Fsp3) is 0.150. The summed E-state index contributed by atoms with van der Waals surface area (Å²) in [5, 5.41) is 6.76. The molecule has 1 aliphatic rings. The number of hydrogen-bond acceptors (Lipinski definition) is 4. The van der Waals surface area contributed by atoms with Crippen molar-refractivity contribution in [3.63, 3.8) is 0 Å². The van der Waals surface area contributed by atoms with Crippen LogP contribution in [0.1, 0.15) is 10.4 Å². The van der Waals surface area contributed by atoms with Gasteiger partial charge in [-0.3, -0.25) is 9.59 Å². The third-order valence-electron chi connectivity index (χ3n) is 4.44. The molecule has 2 amide bonds. The van der Waals surface area contributed by atoms with Crippen LogP contribution in [-0.4, -0.2) is 41.3 Å². The minimum Gasteiger partial charge on any atom is -0.477 e. The highest BCUT2D eigenvalue weighted by Gasteiger charge is 2.33. The first kappa shape index (κ1) is 16.8. The van der Waals surface area contributed by atoms with Gasteiger partial charge in [-0.05, 0) is 42.5 Å². The highest BCUT2D eigenvalue weighted by molar-refractivity contribution is 6.08. The van der Waals surface area contributed by atoms with Crippen LogP contribution in [0, 0.1) is 0 Å². The molecule has 136 valence electrons. The average molecular weight is 362 g/mol. The predicted octanol–water partition coefficient (Wildman–Crippen LogP) is 2.03. The maximum absolute atomic E-state index is 13.1. The molecule has 7 nitrogen and oxygen atoms in total. The number of hydrogen-bond donors (Lipinski definition) is 1. The molecule has 0 radical (unpaired) electrons. The molecule has 2 aromatic carbocycles. The van der Waals surface area contributed by atoms with Crippen molar-refractivity contribution in [1.82, 2.24) is 15.1 Å². The molecule has 2 heterocycles. The van der Waals surface area contributed by atoms with E-state index in [-0.39, 0.29) is 18.4 Å². The molecule has 0 saturated heterocycles. The van der Waals surface area contributed by atoms with Crippen LogP contribution in [0.3, 0.4) is 0 Å². The Morgan fingerprint density at radius 2 is 1.89 bits per heavy atom. The third kappa shape index (κ3) is 3.15. The van der Waals surface area contributed by atoms with Crippen LogP contribution in [0.2, 0.25) is 0 Å². The van der Waals surface area contributed by atoms with Crippen molar-refractivity contribution < 1.29 is 14.3 Å². The van der Waals surface area contributed by atoms with Crippen LogP contribution in [0.5, 0.6) is 5.75 Å². The Hall–Kier alpha value is -3.61. The molecule has 0 bridgehead atoms. The summed E-state index contributed by atoms with van der Waals surface area (Å²) >= 11 is 0. The fourth-order valence-electron chi connectivity index (χ4n) is 3.06. The number of anilines is 1. The van der Waals surface area contributed by atoms with Gasteiger partial charge in [0.2, 0.25) is 0 Å². The summed E-state index contributed by atoms with van der Waals surface area (Å²) in [6.07, 6.45) is 2.78. The van der Waals surface area contributed by atoms with Crippen LogP contribution in [0.4, 0.5) is 5.69 Å². The molecule has 1 atom stereocenters. The van der Waals surface area contributed by atoms with Gasteiger partial charge in [-0.2, -0.15) is 5.10 Å². The summed E-state index contributed by atoms with van der Waals surface area (Å²) in [5.74, 6) is 0.0573. The Bertz CT molecular complexity index is 967. The summed E-state index contributed by atoms with van der Waals surface area (Å²) in [7, 11) is 1.55. The first-order chi connectivity index (χ1) is 13.2. The summed E-state index contributed by atoms with van der Waals surface area (Å²) < 4.78 is 7.47. The quantitative estimate of drug-likeness (QED) is 0.773. The van der Waals surface area contributed by atoms with Gasteiger partial charge in [-0.25, -0.2) is 4.68 Å². The lowest BCUT2D eigenvalue weighted by Crippen LogP contribution is -2.50. The number of fused-ring (bicyclic) bond motifs is 1. The first-order valence-electron chi connectivity index (χ1n) is 8.56. The minimum atomic E-state index is -0.753. The largest absolute Gasteiger partial charge is 0.477 e. The number of carbonyl (C=O) groups is 2. The zero-order chi connectivity index (χ0) is 18.8. The van der Waals surface area contributed by atoms with E-state index in [2.05, 4.69) is 10.4 Å². The van der Waals surface area contributed by atoms with Crippen molar-refractivity contribution in [2.24, 2.45) is 0 Å². The normalized spacial score (nSPS) is 15.6. The number of nitrogens with one attached hydrogen (secondary N) is 1. The molecular formula is C20H18N4O3. The molecule has 0 fully saturated rings. The zero-order valence-corrected chi connectivity index (χ0v) is 14.7. The smallest absolute Gasteiger partial charge is 0.262 e. The lowest BCUT2D eigenvalue weighted by atomic mass is 10.1. The van der Waals surface area contributed by atoms with Crippen molar-refractivity contribution in [3.05, 3.63) is 72.6 Å². The number of rotatable bonds is 3. The predicted molar refractivity (Wildman–Crippen MR) is 100 cm³/mol. The second-order valence-corrected chi connectivity index (χ2v) is 6.10. The molecule has 4 rings (SSSR count). The van der Waals surface area contributed by atoms with Crippen LogP contribution in [0.25, 0.3) is 5.69 Å².